The molecule has 3 N–H and O–H groups in total. The first-order valence-electron chi connectivity index (χ1n) is 7.86. The van der Waals surface area contributed by atoms with Gasteiger partial charge in [0.1, 0.15) is 0 Å². The summed E-state index contributed by atoms with van der Waals surface area (Å²) in [5, 5.41) is 15.4. The van der Waals surface area contributed by atoms with Crippen molar-refractivity contribution in [1.29, 1.82) is 0 Å². The molecule has 2 aliphatic carbocycles. The number of benzene rings is 1. The van der Waals surface area contributed by atoms with E-state index < -0.39 is 5.54 Å². The van der Waals surface area contributed by atoms with E-state index in [1.165, 1.54) is 0 Å². The van der Waals surface area contributed by atoms with Gasteiger partial charge in [0.05, 0.1) is 12.1 Å². The van der Waals surface area contributed by atoms with Crippen molar-refractivity contribution in [3.8, 4) is 0 Å². The molecule has 3 rings (SSSR count). The maximum absolute atomic E-state index is 12.3. The van der Waals surface area contributed by atoms with Crippen LogP contribution in [0, 0.1) is 5.92 Å². The largest absolute Gasteiger partial charge is 0.394 e. The average molecular weight is 302 g/mol. The molecule has 118 valence electrons. The highest BCUT2D eigenvalue weighted by Crippen LogP contribution is 2.39. The molecule has 0 aromatic heterocycles. The lowest BCUT2D eigenvalue weighted by molar-refractivity contribution is 0.0823. The van der Waals surface area contributed by atoms with Gasteiger partial charge in [-0.15, -0.1) is 0 Å². The van der Waals surface area contributed by atoms with Gasteiger partial charge in [0.25, 0.3) is 11.8 Å². The van der Waals surface area contributed by atoms with E-state index in [4.69, 9.17) is 0 Å². The van der Waals surface area contributed by atoms with Crippen LogP contribution in [0.5, 0.6) is 0 Å². The molecule has 5 heteroatoms. The Hall–Kier alpha value is -1.88. The maximum atomic E-state index is 12.3. The standard InChI is InChI=1S/C17H22N2O3/c1-17(10-20,13-6-7-13)19-16(22)12-4-2-11(3-5-12)15(21)18-14-8-9-14/h2-5,13-14,20H,6-10H2,1H3,(H,18,21)(H,19,22). The predicted octanol–water partition coefficient (Wildman–Crippen LogP) is 1.47. The third kappa shape index (κ3) is 3.30. The zero-order chi connectivity index (χ0) is 15.7. The van der Waals surface area contributed by atoms with Crippen LogP contribution in [0.3, 0.4) is 0 Å². The molecule has 0 heterocycles. The number of rotatable bonds is 6. The third-order valence-electron chi connectivity index (χ3n) is 4.53. The van der Waals surface area contributed by atoms with E-state index in [1.807, 2.05) is 6.92 Å². The highest BCUT2D eigenvalue weighted by Gasteiger charge is 2.42. The molecule has 2 fully saturated rings. The van der Waals surface area contributed by atoms with Crippen LogP contribution in [0.25, 0.3) is 0 Å². The van der Waals surface area contributed by atoms with Crippen LogP contribution < -0.4 is 10.6 Å². The molecule has 2 aliphatic rings. The fourth-order valence-electron chi connectivity index (χ4n) is 2.59. The van der Waals surface area contributed by atoms with Crippen LogP contribution >= 0.6 is 0 Å². The van der Waals surface area contributed by atoms with Crippen LogP contribution in [-0.2, 0) is 0 Å². The van der Waals surface area contributed by atoms with Crippen molar-refractivity contribution in [3.63, 3.8) is 0 Å². The highest BCUT2D eigenvalue weighted by atomic mass is 16.3. The van der Waals surface area contributed by atoms with Crippen LogP contribution in [-0.4, -0.2) is 35.1 Å². The number of nitrogens with one attached hydrogen (secondary N) is 2. The van der Waals surface area contributed by atoms with Crippen molar-refractivity contribution in [2.45, 2.75) is 44.2 Å². The Kier molecular flexibility index (Phi) is 3.91. The summed E-state index contributed by atoms with van der Waals surface area (Å²) in [6, 6.07) is 6.96. The van der Waals surface area contributed by atoms with Crippen LogP contribution in [0.4, 0.5) is 0 Å². The van der Waals surface area contributed by atoms with E-state index in [0.717, 1.165) is 25.7 Å². The van der Waals surface area contributed by atoms with Crippen molar-refractivity contribution in [1.82, 2.24) is 10.6 Å². The smallest absolute Gasteiger partial charge is 0.251 e. The number of carbonyl (C=O) groups excluding carboxylic acids is 2. The van der Waals surface area contributed by atoms with Crippen molar-refractivity contribution in [2.24, 2.45) is 5.92 Å². The Morgan fingerprint density at radius 1 is 1.09 bits per heavy atom. The molecule has 0 bridgehead atoms. The molecular weight excluding hydrogens is 280 g/mol. The van der Waals surface area contributed by atoms with Gasteiger partial charge in [-0.3, -0.25) is 9.59 Å². The molecular formula is C17H22N2O3. The number of aliphatic hydroxyl groups is 1. The van der Waals surface area contributed by atoms with Gasteiger partial charge in [-0.1, -0.05) is 0 Å². The first kappa shape index (κ1) is 15.0. The minimum absolute atomic E-state index is 0.0642. The number of carbonyl (C=O) groups is 2. The summed E-state index contributed by atoms with van der Waals surface area (Å²) in [6.07, 6.45) is 4.18. The predicted molar refractivity (Wildman–Crippen MR) is 82.6 cm³/mol. The van der Waals surface area contributed by atoms with Gasteiger partial charge < -0.3 is 15.7 Å². The van der Waals surface area contributed by atoms with E-state index in [-0.39, 0.29) is 18.4 Å². The van der Waals surface area contributed by atoms with Gasteiger partial charge in [-0.05, 0) is 62.8 Å². The molecule has 1 aromatic rings. The van der Waals surface area contributed by atoms with Gasteiger partial charge in [-0.2, -0.15) is 0 Å². The summed E-state index contributed by atoms with van der Waals surface area (Å²) in [5.41, 5.74) is 0.512. The normalized spacial score (nSPS) is 20.1. The van der Waals surface area contributed by atoms with Gasteiger partial charge in [-0.25, -0.2) is 0 Å². The first-order chi connectivity index (χ1) is 10.5. The summed E-state index contributed by atoms with van der Waals surface area (Å²) in [4.78, 5) is 24.2. The van der Waals surface area contributed by atoms with E-state index in [2.05, 4.69) is 10.6 Å². The SMILES string of the molecule is CC(CO)(NC(=O)c1ccc(C(=O)NC2CC2)cc1)C1CC1. The Morgan fingerprint density at radius 2 is 1.64 bits per heavy atom. The lowest BCUT2D eigenvalue weighted by atomic mass is 9.96. The topological polar surface area (TPSA) is 78.4 Å². The minimum Gasteiger partial charge on any atom is -0.394 e. The van der Waals surface area contributed by atoms with Crippen molar-refractivity contribution in [2.75, 3.05) is 6.61 Å². The van der Waals surface area contributed by atoms with Crippen molar-refractivity contribution < 1.29 is 14.7 Å². The summed E-state index contributed by atoms with van der Waals surface area (Å²) >= 11 is 0. The number of amides is 2. The van der Waals surface area contributed by atoms with E-state index >= 15 is 0 Å². The van der Waals surface area contributed by atoms with Crippen LogP contribution in [0.2, 0.25) is 0 Å². The molecule has 0 spiro atoms. The van der Waals surface area contributed by atoms with E-state index in [0.29, 0.717) is 23.1 Å². The number of aliphatic hydroxyl groups excluding tert-OH is 1. The summed E-state index contributed by atoms with van der Waals surface area (Å²) in [7, 11) is 0. The first-order valence-corrected chi connectivity index (χ1v) is 7.86. The van der Waals surface area contributed by atoms with Crippen LogP contribution in [0.1, 0.15) is 53.3 Å². The average Bonchev–Trinajstić information content (AvgIpc) is 3.39. The number of hydrogen-bond acceptors (Lipinski definition) is 3. The summed E-state index contributed by atoms with van der Waals surface area (Å²) < 4.78 is 0. The second-order valence-corrected chi connectivity index (χ2v) is 6.63. The lowest BCUT2D eigenvalue weighted by Crippen LogP contribution is -2.50. The molecule has 1 unspecified atom stereocenters. The fourth-order valence-corrected chi connectivity index (χ4v) is 2.59. The molecule has 1 aromatic carbocycles. The molecule has 0 saturated heterocycles. The van der Waals surface area contributed by atoms with Gasteiger partial charge in [0, 0.05) is 17.2 Å². The molecule has 22 heavy (non-hydrogen) atoms. The van der Waals surface area contributed by atoms with E-state index in [1.54, 1.807) is 24.3 Å². The van der Waals surface area contributed by atoms with Gasteiger partial charge in [0.2, 0.25) is 0 Å². The Balaban J connectivity index is 1.63. The molecule has 5 nitrogen and oxygen atoms in total. The highest BCUT2D eigenvalue weighted by molar-refractivity contribution is 5.98. The lowest BCUT2D eigenvalue weighted by Gasteiger charge is -2.28. The quantitative estimate of drug-likeness (QED) is 0.744. The van der Waals surface area contributed by atoms with Gasteiger partial charge >= 0.3 is 0 Å². The van der Waals surface area contributed by atoms with E-state index in [9.17, 15) is 14.7 Å². The molecule has 2 amide bonds. The molecule has 0 aliphatic heterocycles. The summed E-state index contributed by atoms with van der Waals surface area (Å²) in [5.74, 6) is 0.0512. The fraction of sp³-hybridized carbons (Fsp3) is 0.529. The second kappa shape index (κ2) is 5.72. The third-order valence-corrected chi connectivity index (χ3v) is 4.53. The number of hydrogen-bond donors (Lipinski definition) is 3. The Labute approximate surface area is 130 Å². The zero-order valence-corrected chi connectivity index (χ0v) is 12.8. The molecule has 0 radical (unpaired) electrons. The van der Waals surface area contributed by atoms with Crippen molar-refractivity contribution in [3.05, 3.63) is 35.4 Å². The summed E-state index contributed by atoms with van der Waals surface area (Å²) in [6.45, 7) is 1.81. The second-order valence-electron chi connectivity index (χ2n) is 6.63. The Morgan fingerprint density at radius 3 is 2.09 bits per heavy atom. The van der Waals surface area contributed by atoms with Crippen LogP contribution in [0.15, 0.2) is 24.3 Å². The monoisotopic (exact) mass is 302 g/mol. The Bertz CT molecular complexity index is 576. The maximum Gasteiger partial charge on any atom is 0.251 e. The van der Waals surface area contributed by atoms with Crippen molar-refractivity contribution >= 4 is 11.8 Å². The van der Waals surface area contributed by atoms with Gasteiger partial charge in [0.15, 0.2) is 0 Å². The molecule has 1 atom stereocenters. The molecule has 2 saturated carbocycles. The zero-order valence-electron chi connectivity index (χ0n) is 12.8. The minimum atomic E-state index is -0.556.